The number of pyridine rings is 1. The molecule has 0 unspecified atom stereocenters. The van der Waals surface area contributed by atoms with Crippen LogP contribution in [0.15, 0.2) is 54.6 Å². The molecule has 0 amide bonds. The van der Waals surface area contributed by atoms with Gasteiger partial charge in [0.05, 0.1) is 19.7 Å². The number of benzene rings is 2. The van der Waals surface area contributed by atoms with E-state index in [9.17, 15) is 0 Å². The fraction of sp³-hybridized carbons (Fsp3) is 0.118. The maximum atomic E-state index is 5.44. The van der Waals surface area contributed by atoms with E-state index in [0.29, 0.717) is 5.88 Å². The van der Waals surface area contributed by atoms with Gasteiger partial charge in [-0.3, -0.25) is 0 Å². The van der Waals surface area contributed by atoms with Crippen LogP contribution in [-0.2, 0) is 0 Å². The van der Waals surface area contributed by atoms with Crippen LogP contribution in [0.25, 0.3) is 22.0 Å². The normalized spacial score (nSPS) is 10.5. The highest BCUT2D eigenvalue weighted by Crippen LogP contribution is 2.36. The number of hydrogen-bond donors (Lipinski definition) is 0. The van der Waals surface area contributed by atoms with Crippen LogP contribution in [0.4, 0.5) is 0 Å². The lowest BCUT2D eigenvalue weighted by Gasteiger charge is -2.12. The molecule has 0 fully saturated rings. The smallest absolute Gasteiger partial charge is 0.221 e. The minimum absolute atomic E-state index is 0.605. The summed E-state index contributed by atoms with van der Waals surface area (Å²) in [6, 6.07) is 17.9. The van der Waals surface area contributed by atoms with Gasteiger partial charge in [0, 0.05) is 16.5 Å². The van der Waals surface area contributed by atoms with Gasteiger partial charge in [-0.2, -0.15) is 0 Å². The van der Waals surface area contributed by atoms with Gasteiger partial charge in [-0.25, -0.2) is 4.98 Å². The van der Waals surface area contributed by atoms with Crippen molar-refractivity contribution in [1.82, 2.24) is 4.98 Å². The number of para-hydroxylation sites is 2. The molecule has 0 aliphatic carbocycles. The van der Waals surface area contributed by atoms with E-state index in [4.69, 9.17) is 9.47 Å². The fourth-order valence-corrected chi connectivity index (χ4v) is 2.31. The fourth-order valence-electron chi connectivity index (χ4n) is 2.31. The molecule has 0 saturated heterocycles. The van der Waals surface area contributed by atoms with E-state index in [1.165, 1.54) is 0 Å². The number of methoxy groups -OCH3 is 2. The summed E-state index contributed by atoms with van der Waals surface area (Å²) in [5.41, 5.74) is 2.83. The third-order valence-corrected chi connectivity index (χ3v) is 3.28. The van der Waals surface area contributed by atoms with E-state index >= 15 is 0 Å². The molecule has 0 aliphatic rings. The Hall–Kier alpha value is -2.55. The van der Waals surface area contributed by atoms with Crippen LogP contribution in [0.1, 0.15) is 0 Å². The first-order chi connectivity index (χ1) is 9.83. The van der Waals surface area contributed by atoms with Crippen molar-refractivity contribution in [2.75, 3.05) is 14.2 Å². The van der Waals surface area contributed by atoms with Gasteiger partial charge in [0.2, 0.25) is 5.88 Å². The third kappa shape index (κ3) is 2.07. The van der Waals surface area contributed by atoms with Gasteiger partial charge in [0.1, 0.15) is 5.75 Å². The number of aromatic nitrogens is 1. The molecular weight excluding hydrogens is 250 g/mol. The van der Waals surface area contributed by atoms with Crippen LogP contribution in [0.5, 0.6) is 11.6 Å². The lowest BCUT2D eigenvalue weighted by Crippen LogP contribution is -1.94. The Bertz CT molecular complexity index is 753. The van der Waals surface area contributed by atoms with E-state index in [2.05, 4.69) is 11.1 Å². The number of hydrogen-bond acceptors (Lipinski definition) is 3. The van der Waals surface area contributed by atoms with E-state index in [-0.39, 0.29) is 0 Å². The highest BCUT2D eigenvalue weighted by molar-refractivity contribution is 5.87. The van der Waals surface area contributed by atoms with E-state index in [0.717, 1.165) is 27.8 Å². The van der Waals surface area contributed by atoms with Gasteiger partial charge >= 0.3 is 0 Å². The van der Waals surface area contributed by atoms with Gasteiger partial charge in [-0.1, -0.05) is 36.4 Å². The number of rotatable bonds is 3. The van der Waals surface area contributed by atoms with E-state index < -0.39 is 0 Å². The Balaban J connectivity index is 2.29. The zero-order chi connectivity index (χ0) is 13.9. The molecule has 0 aliphatic heterocycles. The van der Waals surface area contributed by atoms with Gasteiger partial charge in [0.15, 0.2) is 0 Å². The lowest BCUT2D eigenvalue weighted by atomic mass is 10.0. The van der Waals surface area contributed by atoms with Crippen molar-refractivity contribution in [3.63, 3.8) is 0 Å². The van der Waals surface area contributed by atoms with Crippen molar-refractivity contribution in [3.05, 3.63) is 54.6 Å². The Morgan fingerprint density at radius 1 is 0.800 bits per heavy atom. The summed E-state index contributed by atoms with van der Waals surface area (Å²) in [6.07, 6.45) is 0. The average molecular weight is 265 g/mol. The van der Waals surface area contributed by atoms with Gasteiger partial charge in [0.25, 0.3) is 0 Å². The SMILES string of the molecule is COc1ccccc1-c1cc2ccccc2nc1OC. The number of nitrogens with zero attached hydrogens (tertiary/aromatic N) is 1. The van der Waals surface area contributed by atoms with Crippen LogP contribution in [0.2, 0.25) is 0 Å². The molecular formula is C17H15NO2. The summed E-state index contributed by atoms with van der Waals surface area (Å²) in [5, 5.41) is 1.08. The largest absolute Gasteiger partial charge is 0.496 e. The zero-order valence-corrected chi connectivity index (χ0v) is 11.5. The average Bonchev–Trinajstić information content (AvgIpc) is 2.53. The molecule has 0 bridgehead atoms. The molecule has 3 nitrogen and oxygen atoms in total. The van der Waals surface area contributed by atoms with Crippen LogP contribution in [0, 0.1) is 0 Å². The molecule has 3 rings (SSSR count). The summed E-state index contributed by atoms with van der Waals surface area (Å²) < 4.78 is 10.9. The highest BCUT2D eigenvalue weighted by atomic mass is 16.5. The second-order valence-electron chi connectivity index (χ2n) is 4.44. The van der Waals surface area contributed by atoms with Crippen molar-refractivity contribution < 1.29 is 9.47 Å². The molecule has 20 heavy (non-hydrogen) atoms. The monoisotopic (exact) mass is 265 g/mol. The van der Waals surface area contributed by atoms with Crippen molar-refractivity contribution in [1.29, 1.82) is 0 Å². The first-order valence-corrected chi connectivity index (χ1v) is 6.40. The Labute approximate surface area is 117 Å². The molecule has 3 aromatic rings. The maximum Gasteiger partial charge on any atom is 0.221 e. The molecule has 0 saturated carbocycles. The molecule has 3 heteroatoms. The number of ether oxygens (including phenoxy) is 2. The Morgan fingerprint density at radius 3 is 2.35 bits per heavy atom. The number of fused-ring (bicyclic) bond motifs is 1. The van der Waals surface area contributed by atoms with Crippen LogP contribution >= 0.6 is 0 Å². The predicted molar refractivity (Wildman–Crippen MR) is 80.3 cm³/mol. The summed E-state index contributed by atoms with van der Waals surface area (Å²) in [6.45, 7) is 0. The topological polar surface area (TPSA) is 31.4 Å². The first kappa shape index (κ1) is 12.5. The minimum Gasteiger partial charge on any atom is -0.496 e. The molecule has 1 aromatic heterocycles. The van der Waals surface area contributed by atoms with Crippen molar-refractivity contribution >= 4 is 10.9 Å². The van der Waals surface area contributed by atoms with E-state index in [1.54, 1.807) is 14.2 Å². The molecule has 2 aromatic carbocycles. The quantitative estimate of drug-likeness (QED) is 0.719. The summed E-state index contributed by atoms with van der Waals surface area (Å²) >= 11 is 0. The minimum atomic E-state index is 0.605. The van der Waals surface area contributed by atoms with Gasteiger partial charge < -0.3 is 9.47 Å². The second kappa shape index (κ2) is 5.21. The summed E-state index contributed by atoms with van der Waals surface area (Å²) in [5.74, 6) is 1.41. The molecule has 1 heterocycles. The molecule has 0 spiro atoms. The van der Waals surface area contributed by atoms with Crippen LogP contribution in [-0.4, -0.2) is 19.2 Å². The lowest BCUT2D eigenvalue weighted by molar-refractivity contribution is 0.399. The van der Waals surface area contributed by atoms with Gasteiger partial charge in [-0.05, 0) is 18.2 Å². The standard InChI is InChI=1S/C17H15NO2/c1-19-16-10-6-4-8-13(16)14-11-12-7-3-5-9-15(12)18-17(14)20-2/h3-11H,1-2H3. The molecule has 100 valence electrons. The third-order valence-electron chi connectivity index (χ3n) is 3.28. The Kier molecular flexibility index (Phi) is 3.25. The molecule has 0 radical (unpaired) electrons. The van der Waals surface area contributed by atoms with Gasteiger partial charge in [-0.15, -0.1) is 0 Å². The maximum absolute atomic E-state index is 5.44. The second-order valence-corrected chi connectivity index (χ2v) is 4.44. The van der Waals surface area contributed by atoms with Crippen LogP contribution in [0.3, 0.4) is 0 Å². The highest BCUT2D eigenvalue weighted by Gasteiger charge is 2.13. The van der Waals surface area contributed by atoms with Crippen LogP contribution < -0.4 is 9.47 Å². The molecule has 0 atom stereocenters. The zero-order valence-electron chi connectivity index (χ0n) is 11.5. The molecule has 0 N–H and O–H groups in total. The summed E-state index contributed by atoms with van der Waals surface area (Å²) in [7, 11) is 3.30. The van der Waals surface area contributed by atoms with Crippen molar-refractivity contribution in [2.45, 2.75) is 0 Å². The summed E-state index contributed by atoms with van der Waals surface area (Å²) in [4.78, 5) is 4.57. The first-order valence-electron chi connectivity index (χ1n) is 6.40. The Morgan fingerprint density at radius 2 is 1.55 bits per heavy atom. The van der Waals surface area contributed by atoms with E-state index in [1.807, 2.05) is 48.5 Å². The van der Waals surface area contributed by atoms with Crippen molar-refractivity contribution in [2.24, 2.45) is 0 Å². The predicted octanol–water partition coefficient (Wildman–Crippen LogP) is 3.92. The van der Waals surface area contributed by atoms with Crippen molar-refractivity contribution in [3.8, 4) is 22.8 Å².